The summed E-state index contributed by atoms with van der Waals surface area (Å²) in [7, 11) is 0. The van der Waals surface area contributed by atoms with Crippen molar-refractivity contribution in [3.63, 3.8) is 0 Å². The number of nitro groups is 1. The minimum atomic E-state index is -0.445. The van der Waals surface area contributed by atoms with E-state index < -0.39 is 4.92 Å². The molecule has 20 heavy (non-hydrogen) atoms. The first-order chi connectivity index (χ1) is 9.66. The van der Waals surface area contributed by atoms with Crippen LogP contribution in [0.15, 0.2) is 29.8 Å². The number of rotatable bonds is 3. The van der Waals surface area contributed by atoms with Gasteiger partial charge in [0.2, 0.25) is 11.0 Å². The van der Waals surface area contributed by atoms with Crippen LogP contribution in [0.5, 0.6) is 0 Å². The summed E-state index contributed by atoms with van der Waals surface area (Å²) in [5, 5.41) is 18.7. The highest BCUT2D eigenvalue weighted by molar-refractivity contribution is 8.00. The summed E-state index contributed by atoms with van der Waals surface area (Å²) in [4.78, 5) is 23.8. The molecule has 0 aliphatic carbocycles. The smallest absolute Gasteiger partial charge is 0.269 e. The van der Waals surface area contributed by atoms with Crippen molar-refractivity contribution in [1.29, 1.82) is 0 Å². The molecule has 2 aromatic rings. The van der Waals surface area contributed by atoms with E-state index in [2.05, 4.69) is 10.2 Å². The average molecular weight is 308 g/mol. The van der Waals surface area contributed by atoms with Gasteiger partial charge in [0.25, 0.3) is 5.69 Å². The monoisotopic (exact) mass is 308 g/mol. The summed E-state index contributed by atoms with van der Waals surface area (Å²) in [6.45, 7) is 0. The third-order valence-electron chi connectivity index (χ3n) is 2.81. The molecular weight excluding hydrogens is 300 g/mol. The molecule has 1 atom stereocenters. The van der Waals surface area contributed by atoms with Crippen LogP contribution < -0.4 is 4.90 Å². The molecule has 1 aromatic carbocycles. The Morgan fingerprint density at radius 1 is 1.35 bits per heavy atom. The molecular formula is C11H8N4O3S2. The number of hydrogen-bond acceptors (Lipinski definition) is 7. The van der Waals surface area contributed by atoms with Crippen molar-refractivity contribution in [2.45, 2.75) is 5.37 Å². The van der Waals surface area contributed by atoms with Crippen LogP contribution in [0.1, 0.15) is 10.9 Å². The molecule has 0 saturated carbocycles. The lowest BCUT2D eigenvalue weighted by Gasteiger charge is -2.20. The normalized spacial score (nSPS) is 18.5. The van der Waals surface area contributed by atoms with Gasteiger partial charge in [-0.05, 0) is 17.7 Å². The van der Waals surface area contributed by atoms with Gasteiger partial charge in [0.15, 0.2) is 0 Å². The number of non-ortho nitro benzene ring substituents is 1. The topological polar surface area (TPSA) is 89.2 Å². The summed E-state index contributed by atoms with van der Waals surface area (Å²) in [5.74, 6) is 0.330. The first kappa shape index (κ1) is 13.0. The van der Waals surface area contributed by atoms with Crippen molar-refractivity contribution in [3.8, 4) is 0 Å². The van der Waals surface area contributed by atoms with Crippen LogP contribution in [0.25, 0.3) is 0 Å². The van der Waals surface area contributed by atoms with E-state index in [1.165, 1.54) is 35.2 Å². The van der Waals surface area contributed by atoms with Crippen LogP contribution in [0.2, 0.25) is 0 Å². The molecule has 102 valence electrons. The highest BCUT2D eigenvalue weighted by Gasteiger charge is 2.35. The molecule has 2 heterocycles. The van der Waals surface area contributed by atoms with Gasteiger partial charge in [-0.25, -0.2) is 0 Å². The lowest BCUT2D eigenvalue weighted by atomic mass is 10.2. The molecule has 1 aliphatic rings. The van der Waals surface area contributed by atoms with E-state index in [4.69, 9.17) is 0 Å². The Kier molecular flexibility index (Phi) is 3.36. The van der Waals surface area contributed by atoms with E-state index >= 15 is 0 Å². The van der Waals surface area contributed by atoms with Gasteiger partial charge < -0.3 is 0 Å². The van der Waals surface area contributed by atoms with Gasteiger partial charge in [0, 0.05) is 12.1 Å². The first-order valence-electron chi connectivity index (χ1n) is 5.61. The third-order valence-corrected chi connectivity index (χ3v) is 4.71. The van der Waals surface area contributed by atoms with Gasteiger partial charge in [-0.2, -0.15) is 0 Å². The van der Waals surface area contributed by atoms with Gasteiger partial charge >= 0.3 is 0 Å². The highest BCUT2D eigenvalue weighted by Crippen LogP contribution is 2.42. The predicted molar refractivity (Wildman–Crippen MR) is 75.7 cm³/mol. The van der Waals surface area contributed by atoms with Crippen LogP contribution in [0, 0.1) is 10.1 Å². The third kappa shape index (κ3) is 2.25. The van der Waals surface area contributed by atoms with E-state index in [0.717, 1.165) is 5.56 Å². The molecule has 0 bridgehead atoms. The number of amides is 1. The molecule has 1 saturated heterocycles. The average Bonchev–Trinajstić information content (AvgIpc) is 3.07. The zero-order chi connectivity index (χ0) is 14.1. The predicted octanol–water partition coefficient (Wildman–Crippen LogP) is 2.22. The number of carbonyl (C=O) groups excluding carboxylic acids is 1. The van der Waals surface area contributed by atoms with Crippen molar-refractivity contribution in [1.82, 2.24) is 10.2 Å². The van der Waals surface area contributed by atoms with Crippen LogP contribution in [-0.2, 0) is 4.79 Å². The minimum Gasteiger partial charge on any atom is -0.273 e. The number of nitrogens with zero attached hydrogens (tertiary/aromatic N) is 4. The van der Waals surface area contributed by atoms with Crippen LogP contribution in [0.4, 0.5) is 10.8 Å². The molecule has 3 rings (SSSR count). The van der Waals surface area contributed by atoms with Crippen molar-refractivity contribution in [2.24, 2.45) is 0 Å². The fourth-order valence-corrected chi connectivity index (χ4v) is 3.74. The summed E-state index contributed by atoms with van der Waals surface area (Å²) in [6, 6.07) is 6.22. The highest BCUT2D eigenvalue weighted by atomic mass is 32.2. The van der Waals surface area contributed by atoms with E-state index in [9.17, 15) is 14.9 Å². The van der Waals surface area contributed by atoms with E-state index in [0.29, 0.717) is 10.9 Å². The Hall–Kier alpha value is -2.00. The molecule has 1 aromatic heterocycles. The SMILES string of the molecule is O=C1CSC(c2ccc([N+](=O)[O-])cc2)N1c1nncs1. The molecule has 9 heteroatoms. The second-order valence-corrected chi connectivity index (χ2v) is 5.88. The van der Waals surface area contributed by atoms with Crippen molar-refractivity contribution >= 4 is 39.8 Å². The van der Waals surface area contributed by atoms with Gasteiger partial charge in [0.05, 0.1) is 10.7 Å². The molecule has 1 aliphatic heterocycles. The maximum Gasteiger partial charge on any atom is 0.269 e. The van der Waals surface area contributed by atoms with Gasteiger partial charge in [-0.15, -0.1) is 22.0 Å². The molecule has 1 amide bonds. The minimum absolute atomic E-state index is 0.0323. The summed E-state index contributed by atoms with van der Waals surface area (Å²) >= 11 is 2.76. The van der Waals surface area contributed by atoms with Crippen LogP contribution in [-0.4, -0.2) is 26.8 Å². The maximum absolute atomic E-state index is 12.0. The molecule has 0 radical (unpaired) electrons. The number of benzene rings is 1. The lowest BCUT2D eigenvalue weighted by Crippen LogP contribution is -2.27. The van der Waals surface area contributed by atoms with Crippen molar-refractivity contribution in [2.75, 3.05) is 10.7 Å². The Morgan fingerprint density at radius 2 is 2.10 bits per heavy atom. The quantitative estimate of drug-likeness (QED) is 0.638. The summed E-state index contributed by atoms with van der Waals surface area (Å²) in [6.07, 6.45) is 0. The summed E-state index contributed by atoms with van der Waals surface area (Å²) < 4.78 is 0. The van der Waals surface area contributed by atoms with Crippen molar-refractivity contribution < 1.29 is 9.72 Å². The Bertz CT molecular complexity index is 644. The van der Waals surface area contributed by atoms with Crippen LogP contribution >= 0.6 is 23.1 Å². The number of hydrogen-bond donors (Lipinski definition) is 0. The number of nitro benzene ring substituents is 1. The standard InChI is InChI=1S/C11H8N4O3S2/c16-9-5-19-10(14(9)11-13-12-6-20-11)7-1-3-8(4-2-7)15(17)18/h1-4,6,10H,5H2. The fraction of sp³-hybridized carbons (Fsp3) is 0.182. The number of aromatic nitrogens is 2. The van der Waals surface area contributed by atoms with E-state index in [1.807, 2.05) is 0 Å². The second kappa shape index (κ2) is 5.17. The Morgan fingerprint density at radius 3 is 2.70 bits per heavy atom. The molecule has 1 unspecified atom stereocenters. The van der Waals surface area contributed by atoms with Gasteiger partial charge in [-0.3, -0.25) is 19.8 Å². The molecule has 7 nitrogen and oxygen atoms in total. The number of carbonyl (C=O) groups is 1. The van der Waals surface area contributed by atoms with Crippen molar-refractivity contribution in [3.05, 3.63) is 45.5 Å². The zero-order valence-corrected chi connectivity index (χ0v) is 11.6. The lowest BCUT2D eigenvalue weighted by molar-refractivity contribution is -0.384. The maximum atomic E-state index is 12.0. The zero-order valence-electron chi connectivity index (χ0n) is 10.0. The second-order valence-electron chi connectivity index (χ2n) is 4.00. The van der Waals surface area contributed by atoms with E-state index in [1.54, 1.807) is 22.5 Å². The molecule has 0 spiro atoms. The van der Waals surface area contributed by atoms with Crippen LogP contribution in [0.3, 0.4) is 0 Å². The largest absolute Gasteiger partial charge is 0.273 e. The van der Waals surface area contributed by atoms with Gasteiger partial charge in [-0.1, -0.05) is 11.3 Å². The van der Waals surface area contributed by atoms with Gasteiger partial charge in [0.1, 0.15) is 10.9 Å². The summed E-state index contributed by atoms with van der Waals surface area (Å²) in [5.41, 5.74) is 2.44. The molecule has 1 fully saturated rings. The number of thioether (sulfide) groups is 1. The Labute approximate surface area is 121 Å². The number of anilines is 1. The fourth-order valence-electron chi connectivity index (χ4n) is 1.91. The first-order valence-corrected chi connectivity index (χ1v) is 7.54. The molecule has 0 N–H and O–H groups in total. The Balaban J connectivity index is 1.92. The van der Waals surface area contributed by atoms with E-state index in [-0.39, 0.29) is 17.0 Å².